The van der Waals surface area contributed by atoms with Crippen LogP contribution in [-0.2, 0) is 11.3 Å². The van der Waals surface area contributed by atoms with Gasteiger partial charge in [-0.1, -0.05) is 0 Å². The van der Waals surface area contributed by atoms with Crippen molar-refractivity contribution in [3.63, 3.8) is 0 Å². The van der Waals surface area contributed by atoms with Crippen LogP contribution in [0.15, 0.2) is 47.1 Å². The fourth-order valence-corrected chi connectivity index (χ4v) is 2.64. The number of nitrogens with one attached hydrogen (secondary N) is 2. The van der Waals surface area contributed by atoms with Crippen molar-refractivity contribution in [2.75, 3.05) is 32.0 Å². The largest absolute Gasteiger partial charge is 0.463 e. The van der Waals surface area contributed by atoms with E-state index in [1.54, 1.807) is 35.4 Å². The van der Waals surface area contributed by atoms with E-state index < -0.39 is 0 Å². The topological polar surface area (TPSA) is 67.0 Å². The van der Waals surface area contributed by atoms with Crippen molar-refractivity contribution in [2.24, 2.45) is 0 Å². The van der Waals surface area contributed by atoms with Gasteiger partial charge < -0.3 is 19.5 Å². The van der Waals surface area contributed by atoms with E-state index in [2.05, 4.69) is 5.32 Å². The lowest BCUT2D eigenvalue weighted by molar-refractivity contribution is -0.886. The summed E-state index contributed by atoms with van der Waals surface area (Å²) < 4.78 is 5.29. The van der Waals surface area contributed by atoms with Crippen LogP contribution in [0.4, 0.5) is 5.69 Å². The number of likely N-dealkylation sites (N-methyl/N-ethyl adjacent to an activating group) is 1. The van der Waals surface area contributed by atoms with Gasteiger partial charge in [0.25, 0.3) is 11.8 Å². The molecule has 2 N–H and O–H groups in total. The molecule has 1 unspecified atom stereocenters. The zero-order chi connectivity index (χ0) is 18.2. The Morgan fingerprint density at radius 1 is 1.12 bits per heavy atom. The molecule has 2 amide bonds. The van der Waals surface area contributed by atoms with Gasteiger partial charge in [-0.25, -0.2) is 0 Å². The highest BCUT2D eigenvalue weighted by atomic mass is 16.3. The minimum Gasteiger partial charge on any atom is -0.463 e. The monoisotopic (exact) mass is 344 g/mol. The summed E-state index contributed by atoms with van der Waals surface area (Å²) in [5.74, 6) is 0.780. The summed E-state index contributed by atoms with van der Waals surface area (Å²) in [5, 5.41) is 2.86. The first kappa shape index (κ1) is 18.7. The lowest BCUT2D eigenvalue weighted by Gasteiger charge is -2.18. The Labute approximate surface area is 148 Å². The molecule has 0 saturated carbocycles. The van der Waals surface area contributed by atoms with E-state index in [-0.39, 0.29) is 11.8 Å². The number of amides is 2. The SMILES string of the molecule is CCN(CC)C(=O)c1ccc(NC(=O)C[NH+](C)Cc2ccco2)cc1. The molecule has 1 aromatic carbocycles. The van der Waals surface area contributed by atoms with Gasteiger partial charge in [0, 0.05) is 24.3 Å². The van der Waals surface area contributed by atoms with Crippen LogP contribution in [-0.4, -0.2) is 43.4 Å². The van der Waals surface area contributed by atoms with Crippen LogP contribution in [0.2, 0.25) is 0 Å². The van der Waals surface area contributed by atoms with Crippen LogP contribution in [0, 0.1) is 0 Å². The van der Waals surface area contributed by atoms with Crippen LogP contribution in [0.25, 0.3) is 0 Å². The molecule has 6 heteroatoms. The van der Waals surface area contributed by atoms with Gasteiger partial charge >= 0.3 is 0 Å². The third kappa shape index (κ3) is 5.46. The second-order valence-electron chi connectivity index (χ2n) is 5.99. The molecule has 134 valence electrons. The van der Waals surface area contributed by atoms with E-state index in [0.717, 1.165) is 10.7 Å². The summed E-state index contributed by atoms with van der Waals surface area (Å²) in [6.45, 7) is 6.25. The Kier molecular flexibility index (Phi) is 6.77. The third-order valence-corrected chi connectivity index (χ3v) is 3.98. The van der Waals surface area contributed by atoms with Crippen molar-refractivity contribution in [1.29, 1.82) is 0 Å². The van der Waals surface area contributed by atoms with Gasteiger partial charge in [-0.05, 0) is 50.2 Å². The quantitative estimate of drug-likeness (QED) is 0.761. The number of carbonyl (C=O) groups excluding carboxylic acids is 2. The van der Waals surface area contributed by atoms with Gasteiger partial charge in [0.05, 0.1) is 13.3 Å². The van der Waals surface area contributed by atoms with E-state index in [9.17, 15) is 9.59 Å². The summed E-state index contributed by atoms with van der Waals surface area (Å²) in [6.07, 6.45) is 1.63. The Balaban J connectivity index is 1.87. The van der Waals surface area contributed by atoms with Crippen LogP contribution >= 0.6 is 0 Å². The number of hydrogen-bond donors (Lipinski definition) is 2. The fourth-order valence-electron chi connectivity index (χ4n) is 2.64. The molecular weight excluding hydrogens is 318 g/mol. The predicted molar refractivity (Wildman–Crippen MR) is 96.5 cm³/mol. The fraction of sp³-hybridized carbons (Fsp3) is 0.368. The van der Waals surface area contributed by atoms with Crippen molar-refractivity contribution in [3.05, 3.63) is 54.0 Å². The predicted octanol–water partition coefficient (Wildman–Crippen LogP) is 1.42. The molecule has 0 radical (unpaired) electrons. The average molecular weight is 344 g/mol. The molecule has 6 nitrogen and oxygen atoms in total. The molecule has 1 heterocycles. The first-order chi connectivity index (χ1) is 12.0. The van der Waals surface area contributed by atoms with Crippen molar-refractivity contribution in [2.45, 2.75) is 20.4 Å². The standard InChI is InChI=1S/C19H25N3O3/c1-4-22(5-2)19(24)15-8-10-16(11-9-15)20-18(23)14-21(3)13-17-7-6-12-25-17/h6-12H,4-5,13-14H2,1-3H3,(H,20,23)/p+1. The summed E-state index contributed by atoms with van der Waals surface area (Å²) in [4.78, 5) is 27.2. The lowest BCUT2D eigenvalue weighted by atomic mass is 10.1. The maximum absolute atomic E-state index is 12.3. The smallest absolute Gasteiger partial charge is 0.279 e. The highest BCUT2D eigenvalue weighted by Crippen LogP contribution is 2.11. The highest BCUT2D eigenvalue weighted by Gasteiger charge is 2.14. The summed E-state index contributed by atoms with van der Waals surface area (Å²) >= 11 is 0. The zero-order valence-corrected chi connectivity index (χ0v) is 15.0. The van der Waals surface area contributed by atoms with Gasteiger partial charge in [0.15, 0.2) is 12.3 Å². The minimum atomic E-state index is -0.0770. The molecule has 0 bridgehead atoms. The zero-order valence-electron chi connectivity index (χ0n) is 15.0. The van der Waals surface area contributed by atoms with Crippen LogP contribution in [0.1, 0.15) is 30.0 Å². The average Bonchev–Trinajstić information content (AvgIpc) is 3.09. The van der Waals surface area contributed by atoms with Crippen molar-refractivity contribution >= 4 is 17.5 Å². The molecule has 0 aliphatic heterocycles. The first-order valence-electron chi connectivity index (χ1n) is 8.56. The normalized spacial score (nSPS) is 11.8. The van der Waals surface area contributed by atoms with E-state index in [4.69, 9.17) is 4.42 Å². The molecule has 1 atom stereocenters. The summed E-state index contributed by atoms with van der Waals surface area (Å²) in [6, 6.07) is 10.7. The molecular formula is C19H26N3O3+. The summed E-state index contributed by atoms with van der Waals surface area (Å²) in [7, 11) is 1.94. The molecule has 2 aromatic rings. The Bertz CT molecular complexity index is 676. The number of benzene rings is 1. The molecule has 0 spiro atoms. The number of rotatable bonds is 8. The second kappa shape index (κ2) is 9.03. The van der Waals surface area contributed by atoms with Crippen LogP contribution in [0.3, 0.4) is 0 Å². The van der Waals surface area contributed by atoms with Gasteiger partial charge in [-0.3, -0.25) is 9.59 Å². The molecule has 1 aromatic heterocycles. The first-order valence-corrected chi connectivity index (χ1v) is 8.56. The van der Waals surface area contributed by atoms with E-state index in [1.807, 2.05) is 33.0 Å². The summed E-state index contributed by atoms with van der Waals surface area (Å²) in [5.41, 5.74) is 1.31. The highest BCUT2D eigenvalue weighted by molar-refractivity contribution is 5.96. The van der Waals surface area contributed by atoms with Crippen LogP contribution < -0.4 is 10.2 Å². The lowest BCUT2D eigenvalue weighted by Crippen LogP contribution is -3.08. The van der Waals surface area contributed by atoms with E-state index in [1.165, 1.54) is 0 Å². The Hall–Kier alpha value is -2.60. The van der Waals surface area contributed by atoms with Crippen molar-refractivity contribution in [3.8, 4) is 0 Å². The van der Waals surface area contributed by atoms with Gasteiger partial charge in [-0.2, -0.15) is 0 Å². The number of furan rings is 1. The molecule has 25 heavy (non-hydrogen) atoms. The molecule has 0 fully saturated rings. The van der Waals surface area contributed by atoms with Crippen LogP contribution in [0.5, 0.6) is 0 Å². The van der Waals surface area contributed by atoms with Gasteiger partial charge in [-0.15, -0.1) is 0 Å². The number of carbonyl (C=O) groups is 2. The molecule has 2 rings (SSSR count). The minimum absolute atomic E-state index is 0.00509. The molecule has 0 saturated heterocycles. The maximum Gasteiger partial charge on any atom is 0.279 e. The number of quaternary nitrogens is 1. The Morgan fingerprint density at radius 2 is 1.80 bits per heavy atom. The number of hydrogen-bond acceptors (Lipinski definition) is 3. The van der Waals surface area contributed by atoms with E-state index in [0.29, 0.717) is 37.4 Å². The Morgan fingerprint density at radius 3 is 2.36 bits per heavy atom. The second-order valence-corrected chi connectivity index (χ2v) is 5.99. The van der Waals surface area contributed by atoms with E-state index >= 15 is 0 Å². The van der Waals surface area contributed by atoms with Gasteiger partial charge in [0.1, 0.15) is 6.54 Å². The molecule has 0 aliphatic carbocycles. The third-order valence-electron chi connectivity index (χ3n) is 3.98. The number of nitrogens with zero attached hydrogens (tertiary/aromatic N) is 1. The van der Waals surface area contributed by atoms with Crippen molar-refractivity contribution < 1.29 is 18.9 Å². The van der Waals surface area contributed by atoms with Gasteiger partial charge in [0.2, 0.25) is 0 Å². The molecule has 0 aliphatic rings. The van der Waals surface area contributed by atoms with Crippen molar-refractivity contribution in [1.82, 2.24) is 4.90 Å². The maximum atomic E-state index is 12.3. The number of anilines is 1.